The minimum atomic E-state index is 0.603. The number of hydrogen-bond acceptors (Lipinski definition) is 5. The van der Waals surface area contributed by atoms with Crippen LogP contribution in [0.2, 0.25) is 0 Å². The fraction of sp³-hybridized carbons (Fsp3) is 0. The predicted molar refractivity (Wildman–Crippen MR) is 174 cm³/mol. The predicted octanol–water partition coefficient (Wildman–Crippen LogP) is 11.2. The third-order valence-electron chi connectivity index (χ3n) is 7.89. The summed E-state index contributed by atoms with van der Waals surface area (Å²) in [4.78, 5) is 7.23. The van der Waals surface area contributed by atoms with Crippen molar-refractivity contribution in [3.8, 4) is 11.5 Å². The van der Waals surface area contributed by atoms with Crippen molar-refractivity contribution in [2.75, 3.05) is 4.90 Å². The van der Waals surface area contributed by atoms with Crippen LogP contribution in [0.1, 0.15) is 0 Å². The monoisotopic (exact) mass is 558 g/mol. The molecule has 0 N–H and O–H groups in total. The number of hydrogen-bond donors (Lipinski definition) is 0. The molecule has 9 rings (SSSR count). The number of para-hydroxylation sites is 2. The summed E-state index contributed by atoms with van der Waals surface area (Å²) in [5.41, 5.74) is 7.18. The zero-order chi connectivity index (χ0) is 27.6. The number of benzene rings is 6. The number of fused-ring (bicyclic) bond motifs is 8. The van der Waals surface area contributed by atoms with Crippen molar-refractivity contribution in [2.45, 2.75) is 0 Å². The number of nitrogens with zero attached hydrogens (tertiary/aromatic N) is 2. The number of thiophene rings is 1. The molecule has 0 aliphatic rings. The summed E-state index contributed by atoms with van der Waals surface area (Å²) in [6.07, 6.45) is 0. The molecular weight excluding hydrogens is 536 g/mol. The molecule has 3 heterocycles. The molecule has 4 nitrogen and oxygen atoms in total. The van der Waals surface area contributed by atoms with Gasteiger partial charge in [-0.2, -0.15) is 0 Å². The summed E-state index contributed by atoms with van der Waals surface area (Å²) >= 11 is 1.83. The Morgan fingerprint density at radius 3 is 2.17 bits per heavy atom. The highest BCUT2D eigenvalue weighted by molar-refractivity contribution is 7.25. The molecule has 6 aromatic carbocycles. The Morgan fingerprint density at radius 2 is 1.29 bits per heavy atom. The van der Waals surface area contributed by atoms with Gasteiger partial charge in [0.2, 0.25) is 5.89 Å². The number of aromatic nitrogens is 1. The second kappa shape index (κ2) is 9.06. The van der Waals surface area contributed by atoms with Crippen LogP contribution < -0.4 is 4.90 Å². The molecule has 3 aromatic heterocycles. The van der Waals surface area contributed by atoms with Gasteiger partial charge < -0.3 is 13.7 Å². The maximum atomic E-state index is 6.65. The third kappa shape index (κ3) is 3.51. The quantitative estimate of drug-likeness (QED) is 0.215. The summed E-state index contributed by atoms with van der Waals surface area (Å²) in [7, 11) is 0. The first kappa shape index (κ1) is 23.3. The van der Waals surface area contributed by atoms with E-state index in [4.69, 9.17) is 13.8 Å². The normalized spacial score (nSPS) is 11.8. The molecule has 0 amide bonds. The summed E-state index contributed by atoms with van der Waals surface area (Å²) in [6, 6.07) is 46.1. The van der Waals surface area contributed by atoms with Gasteiger partial charge in [0.15, 0.2) is 11.2 Å². The number of oxazole rings is 1. The molecule has 198 valence electrons. The third-order valence-corrected chi connectivity index (χ3v) is 9.04. The summed E-state index contributed by atoms with van der Waals surface area (Å²) < 4.78 is 15.4. The zero-order valence-electron chi connectivity index (χ0n) is 22.3. The summed E-state index contributed by atoms with van der Waals surface area (Å²) in [5.74, 6) is 0.603. The highest BCUT2D eigenvalue weighted by Gasteiger charge is 2.22. The van der Waals surface area contributed by atoms with Gasteiger partial charge in [0.25, 0.3) is 0 Å². The highest BCUT2D eigenvalue weighted by Crippen LogP contribution is 2.45. The van der Waals surface area contributed by atoms with E-state index in [0.717, 1.165) is 55.7 Å². The molecule has 42 heavy (non-hydrogen) atoms. The SMILES string of the molecule is c1ccc(-c2nc3c(ccc4oc5c(N(c6ccccc6)c6ccc7sc8ccccc8c7c6)cccc5c43)o2)cc1. The van der Waals surface area contributed by atoms with E-state index in [1.807, 2.05) is 59.9 Å². The van der Waals surface area contributed by atoms with E-state index >= 15 is 0 Å². The molecule has 0 spiro atoms. The standard InChI is InChI=1S/C37H22N2O2S/c1-3-10-23(11-4-1)37-38-35-31(41-37)20-19-30-34(35)27-15-9-16-29(36(27)40-30)39(24-12-5-2-6-13-24)25-18-21-33-28(22-25)26-14-7-8-17-32(26)42-33/h1-22H. The van der Waals surface area contributed by atoms with Crippen LogP contribution in [0, 0.1) is 0 Å². The maximum absolute atomic E-state index is 6.65. The van der Waals surface area contributed by atoms with Crippen LogP contribution in [-0.4, -0.2) is 4.98 Å². The Balaban J connectivity index is 1.30. The first-order valence-corrected chi connectivity index (χ1v) is 14.7. The van der Waals surface area contributed by atoms with Crippen molar-refractivity contribution in [3.63, 3.8) is 0 Å². The molecule has 0 aliphatic heterocycles. The Labute approximate surface area is 244 Å². The van der Waals surface area contributed by atoms with Gasteiger partial charge >= 0.3 is 0 Å². The average Bonchev–Trinajstić information content (AvgIpc) is 3.75. The Morgan fingerprint density at radius 1 is 0.548 bits per heavy atom. The highest BCUT2D eigenvalue weighted by atomic mass is 32.1. The van der Waals surface area contributed by atoms with Crippen molar-refractivity contribution in [2.24, 2.45) is 0 Å². The van der Waals surface area contributed by atoms with Crippen LogP contribution in [0.4, 0.5) is 17.1 Å². The summed E-state index contributed by atoms with van der Waals surface area (Å²) in [6.45, 7) is 0. The lowest BCUT2D eigenvalue weighted by molar-refractivity contribution is 0.619. The fourth-order valence-electron chi connectivity index (χ4n) is 6.00. The largest absolute Gasteiger partial charge is 0.454 e. The number of rotatable bonds is 4. The second-order valence-electron chi connectivity index (χ2n) is 10.4. The molecule has 0 saturated carbocycles. The molecule has 5 heteroatoms. The molecule has 0 saturated heterocycles. The zero-order valence-corrected chi connectivity index (χ0v) is 23.1. The van der Waals surface area contributed by atoms with E-state index in [9.17, 15) is 0 Å². The van der Waals surface area contributed by atoms with Crippen molar-refractivity contribution in [3.05, 3.63) is 133 Å². The lowest BCUT2D eigenvalue weighted by Crippen LogP contribution is -2.09. The van der Waals surface area contributed by atoms with Gasteiger partial charge in [-0.25, -0.2) is 4.98 Å². The maximum Gasteiger partial charge on any atom is 0.227 e. The first-order chi connectivity index (χ1) is 20.8. The van der Waals surface area contributed by atoms with Crippen LogP contribution in [0.15, 0.2) is 142 Å². The molecule has 0 aliphatic carbocycles. The van der Waals surface area contributed by atoms with Crippen molar-refractivity contribution < 1.29 is 8.83 Å². The molecular formula is C37H22N2O2S. The van der Waals surface area contributed by atoms with E-state index in [-0.39, 0.29) is 0 Å². The topological polar surface area (TPSA) is 42.4 Å². The molecule has 9 aromatic rings. The van der Waals surface area contributed by atoms with Crippen LogP contribution in [0.3, 0.4) is 0 Å². The Kier molecular flexibility index (Phi) is 5.03. The van der Waals surface area contributed by atoms with E-state index in [0.29, 0.717) is 5.89 Å². The number of anilines is 3. The number of furan rings is 1. The Bertz CT molecular complexity index is 2420. The van der Waals surface area contributed by atoms with Crippen molar-refractivity contribution >= 4 is 81.6 Å². The molecule has 0 unspecified atom stereocenters. The van der Waals surface area contributed by atoms with Gasteiger partial charge in [-0.3, -0.25) is 0 Å². The van der Waals surface area contributed by atoms with Crippen LogP contribution in [0.25, 0.3) is 64.7 Å². The molecule has 0 bridgehead atoms. The van der Waals surface area contributed by atoms with Gasteiger partial charge in [0.05, 0.1) is 11.1 Å². The second-order valence-corrected chi connectivity index (χ2v) is 11.5. The van der Waals surface area contributed by atoms with E-state index < -0.39 is 0 Å². The fourth-order valence-corrected chi connectivity index (χ4v) is 7.08. The van der Waals surface area contributed by atoms with Gasteiger partial charge in [-0.1, -0.05) is 66.7 Å². The smallest absolute Gasteiger partial charge is 0.227 e. The lowest BCUT2D eigenvalue weighted by atomic mass is 10.1. The van der Waals surface area contributed by atoms with Crippen LogP contribution >= 0.6 is 11.3 Å². The molecule has 0 fully saturated rings. The van der Waals surface area contributed by atoms with Gasteiger partial charge in [-0.15, -0.1) is 11.3 Å². The Hall–Kier alpha value is -5.39. The van der Waals surface area contributed by atoms with E-state index in [2.05, 4.69) is 89.8 Å². The minimum Gasteiger partial charge on any atom is -0.454 e. The lowest BCUT2D eigenvalue weighted by Gasteiger charge is -2.25. The molecule has 0 radical (unpaired) electrons. The van der Waals surface area contributed by atoms with Crippen molar-refractivity contribution in [1.82, 2.24) is 4.98 Å². The van der Waals surface area contributed by atoms with Crippen LogP contribution in [-0.2, 0) is 0 Å². The van der Waals surface area contributed by atoms with Crippen LogP contribution in [0.5, 0.6) is 0 Å². The van der Waals surface area contributed by atoms with Crippen molar-refractivity contribution in [1.29, 1.82) is 0 Å². The van der Waals surface area contributed by atoms with E-state index in [1.165, 1.54) is 20.2 Å². The van der Waals surface area contributed by atoms with E-state index in [1.54, 1.807) is 0 Å². The van der Waals surface area contributed by atoms with Gasteiger partial charge in [0, 0.05) is 42.5 Å². The first-order valence-electron chi connectivity index (χ1n) is 13.9. The average molecular weight is 559 g/mol. The van der Waals surface area contributed by atoms with Gasteiger partial charge in [0.1, 0.15) is 11.1 Å². The minimum absolute atomic E-state index is 0.603. The molecule has 0 atom stereocenters. The summed E-state index contributed by atoms with van der Waals surface area (Å²) in [5, 5.41) is 4.49. The van der Waals surface area contributed by atoms with Gasteiger partial charge in [-0.05, 0) is 66.7 Å².